The van der Waals surface area contributed by atoms with Gasteiger partial charge in [0.2, 0.25) is 0 Å². The second-order valence-electron chi connectivity index (χ2n) is 4.50. The van der Waals surface area contributed by atoms with Crippen molar-refractivity contribution in [1.82, 2.24) is 9.55 Å². The highest BCUT2D eigenvalue weighted by atomic mass is 16.6. The van der Waals surface area contributed by atoms with E-state index in [4.69, 9.17) is 5.26 Å². The third-order valence-electron chi connectivity index (χ3n) is 3.20. The van der Waals surface area contributed by atoms with Gasteiger partial charge in [-0.2, -0.15) is 5.26 Å². The molecule has 7 nitrogen and oxygen atoms in total. The molecule has 0 amide bonds. The van der Waals surface area contributed by atoms with Crippen LogP contribution in [0.5, 0.6) is 0 Å². The maximum absolute atomic E-state index is 12.4. The fraction of sp³-hybridized carbons (Fsp3) is 0. The highest BCUT2D eigenvalue weighted by Crippen LogP contribution is 2.18. The molecule has 0 aliphatic carbocycles. The van der Waals surface area contributed by atoms with Crippen molar-refractivity contribution >= 4 is 16.7 Å². The summed E-state index contributed by atoms with van der Waals surface area (Å²) in [7, 11) is 0. The number of nitro groups is 1. The van der Waals surface area contributed by atoms with Gasteiger partial charge in [-0.25, -0.2) is 4.98 Å². The number of non-ortho nitro benzene ring substituents is 1. The molecule has 3 aromatic rings. The second-order valence-corrected chi connectivity index (χ2v) is 4.50. The molecule has 0 aliphatic heterocycles. The molecule has 0 saturated heterocycles. The summed E-state index contributed by atoms with van der Waals surface area (Å²) in [5.41, 5.74) is 0.198. The van der Waals surface area contributed by atoms with Crippen LogP contribution in [0.2, 0.25) is 0 Å². The molecule has 0 unspecified atom stereocenters. The summed E-state index contributed by atoms with van der Waals surface area (Å²) in [5, 5.41) is 20.4. The smallest absolute Gasteiger partial charge is 0.267 e. The third-order valence-corrected chi connectivity index (χ3v) is 3.20. The van der Waals surface area contributed by atoms with Crippen LogP contribution < -0.4 is 5.56 Å². The van der Waals surface area contributed by atoms with Gasteiger partial charge in [0, 0.05) is 23.7 Å². The Kier molecular flexibility index (Phi) is 3.12. The number of hydrogen-bond acceptors (Lipinski definition) is 5. The van der Waals surface area contributed by atoms with Crippen molar-refractivity contribution in [3.8, 4) is 11.8 Å². The van der Waals surface area contributed by atoms with Crippen molar-refractivity contribution < 1.29 is 4.92 Å². The zero-order chi connectivity index (χ0) is 15.7. The topological polar surface area (TPSA) is 102 Å². The van der Waals surface area contributed by atoms with Crippen LogP contribution in [0, 0.1) is 21.4 Å². The highest BCUT2D eigenvalue weighted by Gasteiger charge is 2.13. The summed E-state index contributed by atoms with van der Waals surface area (Å²) in [6.45, 7) is 0. The number of nitrogens with zero attached hydrogens (tertiary/aromatic N) is 4. The Morgan fingerprint density at radius 1 is 1.23 bits per heavy atom. The van der Waals surface area contributed by atoms with Crippen LogP contribution in [-0.4, -0.2) is 14.5 Å². The first-order valence-electron chi connectivity index (χ1n) is 6.27. The maximum Gasteiger partial charge on any atom is 0.274 e. The molecule has 2 aromatic heterocycles. The van der Waals surface area contributed by atoms with Crippen molar-refractivity contribution in [3.63, 3.8) is 0 Å². The molecule has 1 aromatic carbocycles. The van der Waals surface area contributed by atoms with Gasteiger partial charge < -0.3 is 0 Å². The summed E-state index contributed by atoms with van der Waals surface area (Å²) < 4.78 is 1.28. The Morgan fingerprint density at radius 3 is 2.59 bits per heavy atom. The zero-order valence-corrected chi connectivity index (χ0v) is 11.1. The van der Waals surface area contributed by atoms with Gasteiger partial charge in [0.1, 0.15) is 17.3 Å². The average Bonchev–Trinajstić information content (AvgIpc) is 2.54. The van der Waals surface area contributed by atoms with Crippen molar-refractivity contribution in [2.24, 2.45) is 0 Å². The van der Waals surface area contributed by atoms with Gasteiger partial charge in [-0.1, -0.05) is 0 Å². The second kappa shape index (κ2) is 5.10. The Bertz CT molecular complexity index is 984. The zero-order valence-electron chi connectivity index (χ0n) is 11.1. The van der Waals surface area contributed by atoms with Gasteiger partial charge >= 0.3 is 0 Å². The van der Waals surface area contributed by atoms with E-state index in [-0.39, 0.29) is 11.3 Å². The van der Waals surface area contributed by atoms with E-state index in [1.807, 2.05) is 6.07 Å². The van der Waals surface area contributed by atoms with Crippen molar-refractivity contribution in [3.05, 3.63) is 74.7 Å². The predicted molar refractivity (Wildman–Crippen MR) is 78.7 cm³/mol. The molecule has 0 spiro atoms. The van der Waals surface area contributed by atoms with Crippen LogP contribution in [0.3, 0.4) is 0 Å². The fourth-order valence-corrected chi connectivity index (χ4v) is 2.19. The summed E-state index contributed by atoms with van der Waals surface area (Å²) in [6, 6.07) is 12.3. The van der Waals surface area contributed by atoms with Gasteiger partial charge in [-0.3, -0.25) is 19.5 Å². The first-order chi connectivity index (χ1) is 10.6. The van der Waals surface area contributed by atoms with Crippen LogP contribution in [0.1, 0.15) is 5.56 Å². The van der Waals surface area contributed by atoms with Crippen molar-refractivity contribution in [2.75, 3.05) is 0 Å². The van der Waals surface area contributed by atoms with E-state index in [0.717, 1.165) is 0 Å². The van der Waals surface area contributed by atoms with Gasteiger partial charge in [0.15, 0.2) is 0 Å². The van der Waals surface area contributed by atoms with E-state index < -0.39 is 10.5 Å². The molecule has 22 heavy (non-hydrogen) atoms. The molecular weight excluding hydrogens is 284 g/mol. The lowest BCUT2D eigenvalue weighted by Crippen LogP contribution is -2.22. The van der Waals surface area contributed by atoms with Crippen molar-refractivity contribution in [1.29, 1.82) is 5.26 Å². The van der Waals surface area contributed by atoms with Gasteiger partial charge in [-0.15, -0.1) is 0 Å². The SMILES string of the molecule is N#Cc1cc2cccnc2n(-c2ccc([N+](=O)[O-])cc2)c1=O. The lowest BCUT2D eigenvalue weighted by atomic mass is 10.2. The normalized spacial score (nSPS) is 10.3. The first-order valence-corrected chi connectivity index (χ1v) is 6.27. The molecule has 0 saturated carbocycles. The number of hydrogen-bond donors (Lipinski definition) is 0. The molecule has 3 rings (SSSR count). The van der Waals surface area contributed by atoms with E-state index in [1.54, 1.807) is 12.1 Å². The molecule has 0 radical (unpaired) electrons. The number of aromatic nitrogens is 2. The molecule has 0 bridgehead atoms. The summed E-state index contributed by atoms with van der Waals surface area (Å²) in [5.74, 6) is 0. The van der Waals surface area contributed by atoms with Crippen molar-refractivity contribution in [2.45, 2.75) is 0 Å². The Morgan fingerprint density at radius 2 is 1.95 bits per heavy atom. The number of nitriles is 1. The minimum atomic E-state index is -0.519. The van der Waals surface area contributed by atoms with E-state index in [0.29, 0.717) is 16.7 Å². The van der Waals surface area contributed by atoms with E-state index >= 15 is 0 Å². The van der Waals surface area contributed by atoms with Crippen LogP contribution in [0.25, 0.3) is 16.7 Å². The monoisotopic (exact) mass is 292 g/mol. The number of nitro benzene ring substituents is 1. The van der Waals surface area contributed by atoms with Gasteiger partial charge in [0.05, 0.1) is 10.6 Å². The van der Waals surface area contributed by atoms with Crippen LogP contribution in [-0.2, 0) is 0 Å². The Labute approximate surface area is 123 Å². The molecule has 7 heteroatoms. The van der Waals surface area contributed by atoms with Crippen LogP contribution in [0.15, 0.2) is 53.5 Å². The van der Waals surface area contributed by atoms with Crippen LogP contribution >= 0.6 is 0 Å². The summed E-state index contributed by atoms with van der Waals surface area (Å²) >= 11 is 0. The maximum atomic E-state index is 12.4. The number of pyridine rings is 2. The van der Waals surface area contributed by atoms with E-state index in [9.17, 15) is 14.9 Å². The number of benzene rings is 1. The summed E-state index contributed by atoms with van der Waals surface area (Å²) in [6.07, 6.45) is 1.54. The fourth-order valence-electron chi connectivity index (χ4n) is 2.19. The summed E-state index contributed by atoms with van der Waals surface area (Å²) in [4.78, 5) is 26.8. The Balaban J connectivity index is 2.34. The molecule has 0 fully saturated rings. The largest absolute Gasteiger partial charge is 0.274 e. The highest BCUT2D eigenvalue weighted by molar-refractivity contribution is 5.78. The number of fused-ring (bicyclic) bond motifs is 1. The molecule has 106 valence electrons. The minimum absolute atomic E-state index is 0.0150. The standard InChI is InChI=1S/C15H8N4O3/c16-9-11-8-10-2-1-7-17-14(10)18(15(11)20)12-3-5-13(6-4-12)19(21)22/h1-8H. The van der Waals surface area contributed by atoms with Gasteiger partial charge in [0.25, 0.3) is 11.2 Å². The average molecular weight is 292 g/mol. The molecule has 0 N–H and O–H groups in total. The van der Waals surface area contributed by atoms with E-state index in [2.05, 4.69) is 4.98 Å². The third kappa shape index (κ3) is 2.09. The minimum Gasteiger partial charge on any atom is -0.267 e. The number of rotatable bonds is 2. The lowest BCUT2D eigenvalue weighted by molar-refractivity contribution is -0.384. The first kappa shape index (κ1) is 13.5. The van der Waals surface area contributed by atoms with Crippen LogP contribution in [0.4, 0.5) is 5.69 Å². The van der Waals surface area contributed by atoms with Gasteiger partial charge in [-0.05, 0) is 30.3 Å². The molecular formula is C15H8N4O3. The van der Waals surface area contributed by atoms with E-state index in [1.165, 1.54) is 41.1 Å². The lowest BCUT2D eigenvalue weighted by Gasteiger charge is -2.09. The molecule has 2 heterocycles. The quantitative estimate of drug-likeness (QED) is 0.532. The predicted octanol–water partition coefficient (Wildman–Crippen LogP) is 2.17. The Hall–Kier alpha value is -3.53. The molecule has 0 atom stereocenters. The molecule has 0 aliphatic rings.